The number of hydrogen-bond donors (Lipinski definition) is 3. The van der Waals surface area contributed by atoms with E-state index in [0.717, 1.165) is 51.4 Å². The molecule has 0 saturated carbocycles. The van der Waals surface area contributed by atoms with Crippen molar-refractivity contribution in [2.24, 2.45) is 0 Å². The number of aliphatic hydroxyl groups excluding tert-OH is 3. The Morgan fingerprint density at radius 2 is 1.39 bits per heavy atom. The Morgan fingerprint density at radius 1 is 0.871 bits per heavy atom. The Balaban J connectivity index is 1.95. The van der Waals surface area contributed by atoms with Gasteiger partial charge in [0.2, 0.25) is 0 Å². The average Bonchev–Trinajstić information content (AvgIpc) is 3.30. The lowest BCUT2D eigenvalue weighted by molar-refractivity contribution is -0.195. The van der Waals surface area contributed by atoms with Crippen LogP contribution in [0.1, 0.15) is 103 Å². The van der Waals surface area contributed by atoms with Gasteiger partial charge in [0.25, 0.3) is 0 Å². The number of unbranched alkanes of at least 4 members (excludes halogenated alkanes) is 10. The molecule has 0 bridgehead atoms. The van der Waals surface area contributed by atoms with E-state index in [1.165, 1.54) is 38.5 Å². The topological polar surface area (TPSA) is 105 Å². The molecule has 1 fully saturated rings. The zero-order valence-corrected chi connectivity index (χ0v) is 19.5. The molecule has 0 aromatic heterocycles. The summed E-state index contributed by atoms with van der Waals surface area (Å²) in [5, 5.41) is 29.0. The van der Waals surface area contributed by atoms with E-state index in [2.05, 4.69) is 6.92 Å². The normalized spacial score (nSPS) is 17.5. The first-order valence-electron chi connectivity index (χ1n) is 12.5. The van der Waals surface area contributed by atoms with E-state index in [4.69, 9.17) is 19.3 Å². The molecule has 7 nitrogen and oxygen atoms in total. The second-order valence-corrected chi connectivity index (χ2v) is 8.68. The largest absolute Gasteiger partial charge is 0.454 e. The first-order valence-corrected chi connectivity index (χ1v) is 12.5. The van der Waals surface area contributed by atoms with Crippen molar-refractivity contribution in [1.29, 1.82) is 0 Å². The molecule has 3 N–H and O–H groups in total. The maximum absolute atomic E-state index is 12.0. The van der Waals surface area contributed by atoms with E-state index in [9.17, 15) is 15.0 Å². The number of rotatable bonds is 20. The Kier molecular flexibility index (Phi) is 17.2. The molecular weight excluding hydrogens is 400 g/mol. The minimum atomic E-state index is -1.21. The van der Waals surface area contributed by atoms with E-state index in [1.807, 2.05) is 0 Å². The van der Waals surface area contributed by atoms with E-state index >= 15 is 0 Å². The third-order valence-electron chi connectivity index (χ3n) is 5.81. The molecule has 1 rings (SSSR count). The highest BCUT2D eigenvalue weighted by atomic mass is 16.7. The Hall–Kier alpha value is -0.730. The third-order valence-corrected chi connectivity index (χ3v) is 5.81. The molecule has 0 spiro atoms. The maximum Gasteiger partial charge on any atom is 0.306 e. The summed E-state index contributed by atoms with van der Waals surface area (Å²) in [4.78, 5) is 12.0. The second-order valence-electron chi connectivity index (χ2n) is 8.68. The van der Waals surface area contributed by atoms with Crippen LogP contribution in [0.2, 0.25) is 0 Å². The molecule has 1 saturated heterocycles. The summed E-state index contributed by atoms with van der Waals surface area (Å²) in [6, 6.07) is 0. The van der Waals surface area contributed by atoms with Crippen LogP contribution in [0.25, 0.3) is 0 Å². The van der Waals surface area contributed by atoms with E-state index < -0.39 is 31.1 Å². The Morgan fingerprint density at radius 3 is 1.94 bits per heavy atom. The summed E-state index contributed by atoms with van der Waals surface area (Å²) in [5.74, 6) is -0.398. The first kappa shape index (κ1) is 28.3. The predicted octanol–water partition coefficient (Wildman–Crippen LogP) is 3.86. The lowest BCUT2D eigenvalue weighted by Gasteiger charge is -2.25. The van der Waals surface area contributed by atoms with Crippen LogP contribution in [-0.4, -0.2) is 65.7 Å². The van der Waals surface area contributed by atoms with Gasteiger partial charge in [-0.3, -0.25) is 4.79 Å². The van der Waals surface area contributed by atoms with Gasteiger partial charge in [0.05, 0.1) is 25.9 Å². The zero-order chi connectivity index (χ0) is 22.7. The highest BCUT2D eigenvalue weighted by molar-refractivity contribution is 5.69. The zero-order valence-electron chi connectivity index (χ0n) is 19.5. The fourth-order valence-electron chi connectivity index (χ4n) is 3.86. The van der Waals surface area contributed by atoms with Gasteiger partial charge in [-0.1, -0.05) is 77.6 Å². The molecule has 7 heteroatoms. The molecule has 0 radical (unpaired) electrons. The molecule has 0 aromatic carbocycles. The molecule has 0 amide bonds. The van der Waals surface area contributed by atoms with Gasteiger partial charge >= 0.3 is 5.97 Å². The quantitative estimate of drug-likeness (QED) is 0.193. The summed E-state index contributed by atoms with van der Waals surface area (Å²) in [7, 11) is 0. The number of carbonyl (C=O) groups is 1. The smallest absolute Gasteiger partial charge is 0.306 e. The standard InChI is InChI=1S/C24H46O7/c1-2-3-4-11-14-20(26)15-12-9-7-5-6-8-10-13-16-22(28)31-23(21(27)19-25)24-29-17-18-30-24/h20-21,23-27H,2-19H2,1H3/t20?,21-,23-/m1/s1. The lowest BCUT2D eigenvalue weighted by Crippen LogP contribution is -2.43. The van der Waals surface area contributed by atoms with Crippen molar-refractivity contribution >= 4 is 5.97 Å². The van der Waals surface area contributed by atoms with Crippen molar-refractivity contribution in [3.05, 3.63) is 0 Å². The number of esters is 1. The van der Waals surface area contributed by atoms with Crippen molar-refractivity contribution in [3.8, 4) is 0 Å². The van der Waals surface area contributed by atoms with Crippen LogP contribution < -0.4 is 0 Å². The van der Waals surface area contributed by atoms with Gasteiger partial charge in [-0.05, 0) is 19.3 Å². The summed E-state index contributed by atoms with van der Waals surface area (Å²) >= 11 is 0. The van der Waals surface area contributed by atoms with Crippen LogP contribution in [0.5, 0.6) is 0 Å². The van der Waals surface area contributed by atoms with Crippen molar-refractivity contribution in [1.82, 2.24) is 0 Å². The van der Waals surface area contributed by atoms with Gasteiger partial charge in [-0.2, -0.15) is 0 Å². The van der Waals surface area contributed by atoms with Crippen molar-refractivity contribution in [2.45, 2.75) is 128 Å². The second kappa shape index (κ2) is 18.8. The van der Waals surface area contributed by atoms with E-state index in [1.54, 1.807) is 0 Å². The highest BCUT2D eigenvalue weighted by Gasteiger charge is 2.35. The van der Waals surface area contributed by atoms with Crippen molar-refractivity contribution < 1.29 is 34.3 Å². The lowest BCUT2D eigenvalue weighted by atomic mass is 10.0. The van der Waals surface area contributed by atoms with Crippen LogP contribution in [0.3, 0.4) is 0 Å². The van der Waals surface area contributed by atoms with Gasteiger partial charge in [-0.25, -0.2) is 0 Å². The molecule has 1 aliphatic heterocycles. The third kappa shape index (κ3) is 14.1. The van der Waals surface area contributed by atoms with Gasteiger partial charge in [0.15, 0.2) is 12.4 Å². The molecule has 31 heavy (non-hydrogen) atoms. The minimum absolute atomic E-state index is 0.124. The van der Waals surface area contributed by atoms with Gasteiger partial charge in [-0.15, -0.1) is 0 Å². The van der Waals surface area contributed by atoms with Gasteiger partial charge in [0.1, 0.15) is 6.10 Å². The first-order chi connectivity index (χ1) is 15.1. The Labute approximate surface area is 188 Å². The molecule has 0 aromatic rings. The van der Waals surface area contributed by atoms with Crippen molar-refractivity contribution in [2.75, 3.05) is 19.8 Å². The van der Waals surface area contributed by atoms with Crippen molar-refractivity contribution in [3.63, 3.8) is 0 Å². The summed E-state index contributed by atoms with van der Waals surface area (Å²) in [5.41, 5.74) is 0. The summed E-state index contributed by atoms with van der Waals surface area (Å²) in [6.07, 6.45) is 12.6. The molecule has 184 valence electrons. The summed E-state index contributed by atoms with van der Waals surface area (Å²) < 4.78 is 15.9. The van der Waals surface area contributed by atoms with E-state index in [-0.39, 0.29) is 12.5 Å². The number of hydrogen-bond acceptors (Lipinski definition) is 7. The van der Waals surface area contributed by atoms with Crippen LogP contribution in [0.15, 0.2) is 0 Å². The van der Waals surface area contributed by atoms with Gasteiger partial charge < -0.3 is 29.5 Å². The highest BCUT2D eigenvalue weighted by Crippen LogP contribution is 2.18. The van der Waals surface area contributed by atoms with Gasteiger partial charge in [0, 0.05) is 6.42 Å². The SMILES string of the molecule is CCCCCCC(O)CCCCCCCCCCC(=O)O[C@@H](C1OCCO1)[C@H](O)CO. The van der Waals surface area contributed by atoms with Crippen LogP contribution in [-0.2, 0) is 19.0 Å². The number of aliphatic hydroxyl groups is 3. The number of carbonyl (C=O) groups excluding carboxylic acids is 1. The average molecular weight is 447 g/mol. The monoisotopic (exact) mass is 446 g/mol. The fraction of sp³-hybridized carbons (Fsp3) is 0.958. The molecule has 0 aliphatic carbocycles. The molecule has 1 aliphatic rings. The van der Waals surface area contributed by atoms with Crippen LogP contribution in [0.4, 0.5) is 0 Å². The fourth-order valence-corrected chi connectivity index (χ4v) is 3.86. The predicted molar refractivity (Wildman–Crippen MR) is 120 cm³/mol. The summed E-state index contributed by atoms with van der Waals surface area (Å²) in [6.45, 7) is 2.46. The Bertz CT molecular complexity index is 426. The maximum atomic E-state index is 12.0. The van der Waals surface area contributed by atoms with E-state index in [0.29, 0.717) is 13.2 Å². The molecular formula is C24H46O7. The molecule has 1 unspecified atom stereocenters. The van der Waals surface area contributed by atoms with Crippen LogP contribution in [0, 0.1) is 0 Å². The van der Waals surface area contributed by atoms with Crippen LogP contribution >= 0.6 is 0 Å². The molecule has 1 heterocycles. The molecule has 3 atom stereocenters. The minimum Gasteiger partial charge on any atom is -0.454 e. The number of ether oxygens (including phenoxy) is 3.